The Kier molecular flexibility index (Phi) is 6.63. The van der Waals surface area contributed by atoms with Crippen LogP contribution in [0.1, 0.15) is 33.2 Å². The summed E-state index contributed by atoms with van der Waals surface area (Å²) < 4.78 is 5.42. The Morgan fingerprint density at radius 1 is 0.897 bits per heavy atom. The zero-order valence-corrected chi connectivity index (χ0v) is 16.6. The fourth-order valence-corrected chi connectivity index (χ4v) is 3.00. The van der Waals surface area contributed by atoms with Gasteiger partial charge in [0.15, 0.2) is 0 Å². The third-order valence-electron chi connectivity index (χ3n) is 4.52. The van der Waals surface area contributed by atoms with Gasteiger partial charge >= 0.3 is 0 Å². The minimum atomic E-state index is -0.226. The summed E-state index contributed by atoms with van der Waals surface area (Å²) in [5, 5.41) is 2.92. The molecule has 0 aliphatic heterocycles. The first-order valence-electron chi connectivity index (χ1n) is 9.52. The SMILES string of the molecule is CCOc1ccc(C(=O)N(C)c2ccccc2C(=O)NCc2ccccc2)cc1. The van der Waals surface area contributed by atoms with Crippen molar-refractivity contribution in [1.29, 1.82) is 0 Å². The Labute approximate surface area is 170 Å². The number of nitrogens with one attached hydrogen (secondary N) is 1. The van der Waals surface area contributed by atoms with Gasteiger partial charge in [0, 0.05) is 19.2 Å². The number of nitrogens with zero attached hydrogens (tertiary/aromatic N) is 1. The number of amides is 2. The predicted molar refractivity (Wildman–Crippen MR) is 114 cm³/mol. The number of benzene rings is 3. The molecule has 0 fully saturated rings. The molecule has 3 rings (SSSR count). The van der Waals surface area contributed by atoms with Crippen LogP contribution >= 0.6 is 0 Å². The van der Waals surface area contributed by atoms with Crippen LogP contribution in [-0.4, -0.2) is 25.5 Å². The summed E-state index contributed by atoms with van der Waals surface area (Å²) in [6, 6.07) is 23.8. The first-order chi connectivity index (χ1) is 14.1. The number of anilines is 1. The molecule has 2 amide bonds. The summed E-state index contributed by atoms with van der Waals surface area (Å²) in [6.07, 6.45) is 0. The van der Waals surface area contributed by atoms with E-state index in [2.05, 4.69) is 5.32 Å². The minimum Gasteiger partial charge on any atom is -0.494 e. The lowest BCUT2D eigenvalue weighted by Crippen LogP contribution is -2.30. The predicted octanol–water partition coefficient (Wildman–Crippen LogP) is 4.29. The van der Waals surface area contributed by atoms with E-state index in [0.717, 1.165) is 5.56 Å². The number of ether oxygens (including phenoxy) is 1. The molecule has 0 atom stereocenters. The van der Waals surface area contributed by atoms with Crippen molar-refractivity contribution in [3.8, 4) is 5.75 Å². The number of para-hydroxylation sites is 1. The summed E-state index contributed by atoms with van der Waals surface area (Å²) in [7, 11) is 1.67. The van der Waals surface area contributed by atoms with Crippen molar-refractivity contribution in [2.45, 2.75) is 13.5 Å². The Morgan fingerprint density at radius 2 is 1.55 bits per heavy atom. The summed E-state index contributed by atoms with van der Waals surface area (Å²) in [5.41, 5.74) is 2.54. The number of hydrogen-bond donors (Lipinski definition) is 1. The molecule has 0 aromatic heterocycles. The summed E-state index contributed by atoms with van der Waals surface area (Å²) in [6.45, 7) is 2.90. The van der Waals surface area contributed by atoms with Gasteiger partial charge in [-0.1, -0.05) is 42.5 Å². The molecule has 5 heteroatoms. The molecule has 3 aromatic carbocycles. The normalized spacial score (nSPS) is 10.3. The van der Waals surface area contributed by atoms with Gasteiger partial charge < -0.3 is 15.0 Å². The highest BCUT2D eigenvalue weighted by molar-refractivity contribution is 6.10. The highest BCUT2D eigenvalue weighted by atomic mass is 16.5. The zero-order chi connectivity index (χ0) is 20.6. The molecule has 0 aliphatic rings. The molecular formula is C24H24N2O3. The van der Waals surface area contributed by atoms with Crippen molar-refractivity contribution in [2.24, 2.45) is 0 Å². The number of rotatable bonds is 7. The minimum absolute atomic E-state index is 0.198. The Morgan fingerprint density at radius 3 is 2.24 bits per heavy atom. The summed E-state index contributed by atoms with van der Waals surface area (Å²) in [4.78, 5) is 27.2. The Hall–Kier alpha value is -3.60. The fourth-order valence-electron chi connectivity index (χ4n) is 3.00. The Balaban J connectivity index is 1.76. The van der Waals surface area contributed by atoms with Crippen LogP contribution in [0, 0.1) is 0 Å². The first kappa shape index (κ1) is 20.1. The second-order valence-corrected chi connectivity index (χ2v) is 6.51. The van der Waals surface area contributed by atoms with Gasteiger partial charge in [-0.15, -0.1) is 0 Å². The summed E-state index contributed by atoms with van der Waals surface area (Å²) >= 11 is 0. The molecule has 148 valence electrons. The van der Waals surface area contributed by atoms with Crippen molar-refractivity contribution in [2.75, 3.05) is 18.6 Å². The zero-order valence-electron chi connectivity index (χ0n) is 16.6. The van der Waals surface area contributed by atoms with Gasteiger partial charge in [-0.3, -0.25) is 9.59 Å². The van der Waals surface area contributed by atoms with Crippen LogP contribution in [0.4, 0.5) is 5.69 Å². The third kappa shape index (κ3) is 5.02. The van der Waals surface area contributed by atoms with E-state index in [4.69, 9.17) is 4.74 Å². The molecule has 0 saturated carbocycles. The van der Waals surface area contributed by atoms with E-state index in [9.17, 15) is 9.59 Å². The van der Waals surface area contributed by atoms with Gasteiger partial charge in [0.25, 0.3) is 11.8 Å². The Bertz CT molecular complexity index is 969. The second-order valence-electron chi connectivity index (χ2n) is 6.51. The molecule has 5 nitrogen and oxygen atoms in total. The van der Waals surface area contributed by atoms with Crippen molar-refractivity contribution < 1.29 is 14.3 Å². The van der Waals surface area contributed by atoms with E-state index >= 15 is 0 Å². The van der Waals surface area contributed by atoms with E-state index < -0.39 is 0 Å². The van der Waals surface area contributed by atoms with Gasteiger partial charge in [0.2, 0.25) is 0 Å². The van der Waals surface area contributed by atoms with Crippen LogP contribution in [0.3, 0.4) is 0 Å². The van der Waals surface area contributed by atoms with Crippen molar-refractivity contribution in [3.05, 3.63) is 95.6 Å². The molecule has 0 unspecified atom stereocenters. The average Bonchev–Trinajstić information content (AvgIpc) is 2.78. The molecule has 29 heavy (non-hydrogen) atoms. The quantitative estimate of drug-likeness (QED) is 0.657. The van der Waals surface area contributed by atoms with E-state index in [1.807, 2.05) is 43.3 Å². The molecule has 1 N–H and O–H groups in total. The molecule has 0 radical (unpaired) electrons. The first-order valence-corrected chi connectivity index (χ1v) is 9.52. The summed E-state index contributed by atoms with van der Waals surface area (Å²) in [5.74, 6) is 0.291. The van der Waals surface area contributed by atoms with Gasteiger partial charge in [0.1, 0.15) is 5.75 Å². The highest BCUT2D eigenvalue weighted by Crippen LogP contribution is 2.22. The number of hydrogen-bond acceptors (Lipinski definition) is 3. The van der Waals surface area contributed by atoms with Crippen LogP contribution in [0.25, 0.3) is 0 Å². The van der Waals surface area contributed by atoms with E-state index in [-0.39, 0.29) is 11.8 Å². The molecule has 3 aromatic rings. The number of carbonyl (C=O) groups is 2. The molecule has 0 spiro atoms. The van der Waals surface area contributed by atoms with Gasteiger partial charge in [-0.2, -0.15) is 0 Å². The topological polar surface area (TPSA) is 58.6 Å². The van der Waals surface area contributed by atoms with Gasteiger partial charge in [-0.05, 0) is 48.9 Å². The lowest BCUT2D eigenvalue weighted by Gasteiger charge is -2.20. The molecular weight excluding hydrogens is 364 g/mol. The molecule has 0 bridgehead atoms. The maximum absolute atomic E-state index is 12.9. The maximum atomic E-state index is 12.9. The molecule has 0 saturated heterocycles. The fraction of sp³-hybridized carbons (Fsp3) is 0.167. The standard InChI is InChI=1S/C24H24N2O3/c1-3-29-20-15-13-19(14-16-20)24(28)26(2)22-12-8-7-11-21(22)23(27)25-17-18-9-5-4-6-10-18/h4-16H,3,17H2,1-2H3,(H,25,27). The van der Waals surface area contributed by atoms with Crippen molar-refractivity contribution in [1.82, 2.24) is 5.32 Å². The van der Waals surface area contributed by atoms with Crippen LogP contribution in [0.15, 0.2) is 78.9 Å². The number of carbonyl (C=O) groups excluding carboxylic acids is 2. The second kappa shape index (κ2) is 9.55. The van der Waals surface area contributed by atoms with Crippen LogP contribution < -0.4 is 15.0 Å². The van der Waals surface area contributed by atoms with E-state index in [0.29, 0.717) is 35.7 Å². The monoisotopic (exact) mass is 388 g/mol. The van der Waals surface area contributed by atoms with E-state index in [1.165, 1.54) is 4.90 Å². The van der Waals surface area contributed by atoms with Gasteiger partial charge in [0.05, 0.1) is 17.9 Å². The third-order valence-corrected chi connectivity index (χ3v) is 4.52. The lowest BCUT2D eigenvalue weighted by molar-refractivity contribution is 0.0951. The van der Waals surface area contributed by atoms with Crippen molar-refractivity contribution >= 4 is 17.5 Å². The van der Waals surface area contributed by atoms with Crippen LogP contribution in [0.5, 0.6) is 5.75 Å². The maximum Gasteiger partial charge on any atom is 0.258 e. The molecule has 0 aliphatic carbocycles. The lowest BCUT2D eigenvalue weighted by atomic mass is 10.1. The van der Waals surface area contributed by atoms with Crippen LogP contribution in [0.2, 0.25) is 0 Å². The van der Waals surface area contributed by atoms with Gasteiger partial charge in [-0.25, -0.2) is 0 Å². The average molecular weight is 388 g/mol. The van der Waals surface area contributed by atoms with E-state index in [1.54, 1.807) is 49.5 Å². The van der Waals surface area contributed by atoms with Crippen molar-refractivity contribution in [3.63, 3.8) is 0 Å². The highest BCUT2D eigenvalue weighted by Gasteiger charge is 2.19. The van der Waals surface area contributed by atoms with Crippen LogP contribution in [-0.2, 0) is 6.54 Å². The molecule has 0 heterocycles. The smallest absolute Gasteiger partial charge is 0.258 e. The largest absolute Gasteiger partial charge is 0.494 e.